The number of aromatic amines is 2. The van der Waals surface area contributed by atoms with Crippen molar-refractivity contribution in [3.05, 3.63) is 28.7 Å². The molecule has 0 amide bonds. The number of imidazole rings is 1. The molecule has 1 aromatic carbocycles. The van der Waals surface area contributed by atoms with E-state index in [0.717, 1.165) is 22.6 Å². The van der Waals surface area contributed by atoms with E-state index >= 15 is 0 Å². The quantitative estimate of drug-likeness (QED) is 0.776. The van der Waals surface area contributed by atoms with E-state index in [0.29, 0.717) is 12.0 Å². The fourth-order valence-electron chi connectivity index (χ4n) is 3.22. The second-order valence-electron chi connectivity index (χ2n) is 5.99. The third-order valence-corrected chi connectivity index (χ3v) is 4.30. The summed E-state index contributed by atoms with van der Waals surface area (Å²) in [5.74, 6) is 1.54. The van der Waals surface area contributed by atoms with Gasteiger partial charge in [-0.05, 0) is 49.3 Å². The molecule has 4 heteroatoms. The molecule has 0 spiro atoms. The maximum Gasteiger partial charge on any atom is 0.323 e. The molecule has 3 N–H and O–H groups in total. The molecule has 19 heavy (non-hydrogen) atoms. The Labute approximate surface area is 112 Å². The number of benzene rings is 1. The predicted octanol–water partition coefficient (Wildman–Crippen LogP) is 3.09. The summed E-state index contributed by atoms with van der Waals surface area (Å²) in [6.45, 7) is 4.66. The number of aromatic nitrogens is 2. The van der Waals surface area contributed by atoms with Crippen LogP contribution in [0.25, 0.3) is 11.0 Å². The second kappa shape index (κ2) is 4.76. The third kappa shape index (κ3) is 2.53. The van der Waals surface area contributed by atoms with Gasteiger partial charge < -0.3 is 15.3 Å². The molecule has 0 radical (unpaired) electrons. The van der Waals surface area contributed by atoms with Crippen molar-refractivity contribution in [2.24, 2.45) is 11.8 Å². The first-order valence-corrected chi connectivity index (χ1v) is 7.10. The molecular weight excluding hydrogens is 238 g/mol. The van der Waals surface area contributed by atoms with Crippen LogP contribution in [0.4, 0.5) is 5.69 Å². The van der Waals surface area contributed by atoms with Crippen LogP contribution in [0.15, 0.2) is 23.0 Å². The minimum atomic E-state index is -0.146. The first-order chi connectivity index (χ1) is 9.11. The molecule has 0 bridgehead atoms. The Morgan fingerprint density at radius 1 is 1.16 bits per heavy atom. The largest absolute Gasteiger partial charge is 0.382 e. The Kier molecular flexibility index (Phi) is 3.09. The van der Waals surface area contributed by atoms with Crippen molar-refractivity contribution in [3.8, 4) is 0 Å². The zero-order chi connectivity index (χ0) is 13.4. The number of anilines is 1. The smallest absolute Gasteiger partial charge is 0.323 e. The first kappa shape index (κ1) is 12.3. The zero-order valence-electron chi connectivity index (χ0n) is 11.5. The van der Waals surface area contributed by atoms with Crippen molar-refractivity contribution in [1.29, 1.82) is 0 Å². The fraction of sp³-hybridized carbons (Fsp3) is 0.533. The molecule has 3 rings (SSSR count). The highest BCUT2D eigenvalue weighted by Gasteiger charge is 2.25. The fourth-order valence-corrected chi connectivity index (χ4v) is 3.22. The van der Waals surface area contributed by atoms with Gasteiger partial charge in [-0.25, -0.2) is 4.79 Å². The van der Waals surface area contributed by atoms with Crippen molar-refractivity contribution in [2.45, 2.75) is 39.2 Å². The zero-order valence-corrected chi connectivity index (χ0v) is 11.5. The normalized spacial score (nSPS) is 27.6. The Morgan fingerprint density at radius 2 is 1.95 bits per heavy atom. The minimum absolute atomic E-state index is 0.146. The molecule has 1 saturated carbocycles. The predicted molar refractivity (Wildman–Crippen MR) is 78.5 cm³/mol. The van der Waals surface area contributed by atoms with Crippen LogP contribution in [0.3, 0.4) is 0 Å². The van der Waals surface area contributed by atoms with E-state index < -0.39 is 0 Å². The first-order valence-electron chi connectivity index (χ1n) is 7.10. The molecule has 1 aromatic heterocycles. The lowest BCUT2D eigenvalue weighted by Crippen LogP contribution is -2.32. The molecule has 1 heterocycles. The van der Waals surface area contributed by atoms with Gasteiger partial charge in [0.25, 0.3) is 0 Å². The Morgan fingerprint density at radius 3 is 2.74 bits per heavy atom. The van der Waals surface area contributed by atoms with Crippen LogP contribution < -0.4 is 11.0 Å². The summed E-state index contributed by atoms with van der Waals surface area (Å²) in [5, 5.41) is 3.62. The Hall–Kier alpha value is -1.71. The molecule has 1 aliphatic carbocycles. The lowest BCUT2D eigenvalue weighted by molar-refractivity contribution is 0.276. The van der Waals surface area contributed by atoms with Gasteiger partial charge in [-0.15, -0.1) is 0 Å². The maximum absolute atomic E-state index is 11.2. The summed E-state index contributed by atoms with van der Waals surface area (Å²) in [6.07, 6.45) is 3.82. The topological polar surface area (TPSA) is 60.7 Å². The van der Waals surface area contributed by atoms with E-state index in [1.807, 2.05) is 18.2 Å². The lowest BCUT2D eigenvalue weighted by Gasteiger charge is -2.33. The highest BCUT2D eigenvalue weighted by Crippen LogP contribution is 2.31. The highest BCUT2D eigenvalue weighted by molar-refractivity contribution is 5.78. The summed E-state index contributed by atoms with van der Waals surface area (Å²) >= 11 is 0. The van der Waals surface area contributed by atoms with Crippen LogP contribution in [0.1, 0.15) is 33.1 Å². The van der Waals surface area contributed by atoms with Crippen molar-refractivity contribution >= 4 is 16.7 Å². The van der Waals surface area contributed by atoms with Gasteiger partial charge in [-0.2, -0.15) is 0 Å². The van der Waals surface area contributed by atoms with E-state index in [-0.39, 0.29) is 5.69 Å². The van der Waals surface area contributed by atoms with E-state index in [1.165, 1.54) is 19.3 Å². The number of hydrogen-bond donors (Lipinski definition) is 3. The Bertz CT molecular complexity index is 628. The number of H-pyrrole nitrogens is 2. The van der Waals surface area contributed by atoms with Gasteiger partial charge in [-0.1, -0.05) is 13.8 Å². The number of fused-ring (bicyclic) bond motifs is 1. The van der Waals surface area contributed by atoms with E-state index in [4.69, 9.17) is 0 Å². The third-order valence-electron chi connectivity index (χ3n) is 4.30. The van der Waals surface area contributed by atoms with Crippen molar-refractivity contribution in [2.75, 3.05) is 5.32 Å². The monoisotopic (exact) mass is 259 g/mol. The van der Waals surface area contributed by atoms with Crippen molar-refractivity contribution < 1.29 is 0 Å². The second-order valence-corrected chi connectivity index (χ2v) is 5.99. The van der Waals surface area contributed by atoms with Crippen LogP contribution >= 0.6 is 0 Å². The van der Waals surface area contributed by atoms with E-state index in [1.54, 1.807) is 0 Å². The number of hydrogen-bond acceptors (Lipinski definition) is 2. The molecular formula is C15H21N3O. The van der Waals surface area contributed by atoms with Gasteiger partial charge in [0.15, 0.2) is 0 Å². The summed E-state index contributed by atoms with van der Waals surface area (Å²) in [4.78, 5) is 16.8. The van der Waals surface area contributed by atoms with Gasteiger partial charge in [0.05, 0.1) is 11.0 Å². The van der Waals surface area contributed by atoms with Crippen LogP contribution in [0, 0.1) is 11.8 Å². The molecule has 0 saturated heterocycles. The van der Waals surface area contributed by atoms with Gasteiger partial charge in [0, 0.05) is 11.7 Å². The average Bonchev–Trinajstić information content (AvgIpc) is 2.72. The molecule has 3 unspecified atom stereocenters. The Balaban J connectivity index is 1.79. The average molecular weight is 259 g/mol. The van der Waals surface area contributed by atoms with Crippen LogP contribution in [-0.2, 0) is 0 Å². The summed E-state index contributed by atoms with van der Waals surface area (Å²) in [5.41, 5.74) is 2.67. The highest BCUT2D eigenvalue weighted by atomic mass is 16.1. The van der Waals surface area contributed by atoms with Gasteiger partial charge >= 0.3 is 5.69 Å². The lowest BCUT2D eigenvalue weighted by atomic mass is 9.80. The van der Waals surface area contributed by atoms with Crippen molar-refractivity contribution in [1.82, 2.24) is 9.97 Å². The maximum atomic E-state index is 11.2. The van der Waals surface area contributed by atoms with Crippen LogP contribution in [-0.4, -0.2) is 16.0 Å². The van der Waals surface area contributed by atoms with Crippen LogP contribution in [0.2, 0.25) is 0 Å². The molecule has 102 valence electrons. The SMILES string of the molecule is CC1CCC(Nc2ccc3[nH]c(=O)[nH]c3c2)C(C)C1. The number of nitrogens with one attached hydrogen (secondary N) is 3. The summed E-state index contributed by atoms with van der Waals surface area (Å²) < 4.78 is 0. The molecule has 2 aromatic rings. The summed E-state index contributed by atoms with van der Waals surface area (Å²) in [6, 6.07) is 6.54. The number of rotatable bonds is 2. The summed E-state index contributed by atoms with van der Waals surface area (Å²) in [7, 11) is 0. The van der Waals surface area contributed by atoms with E-state index in [9.17, 15) is 4.79 Å². The molecule has 1 aliphatic rings. The van der Waals surface area contributed by atoms with E-state index in [2.05, 4.69) is 29.1 Å². The standard InChI is InChI=1S/C15H21N3O/c1-9-3-5-12(10(2)7-9)16-11-4-6-13-14(8-11)18-15(19)17-13/h4,6,8-10,12,16H,3,5,7H2,1-2H3,(H2,17,18,19). The molecule has 0 aliphatic heterocycles. The molecule has 4 nitrogen and oxygen atoms in total. The van der Waals surface area contributed by atoms with Crippen molar-refractivity contribution in [3.63, 3.8) is 0 Å². The van der Waals surface area contributed by atoms with Gasteiger partial charge in [0.1, 0.15) is 0 Å². The van der Waals surface area contributed by atoms with Gasteiger partial charge in [0.2, 0.25) is 0 Å². The minimum Gasteiger partial charge on any atom is -0.382 e. The van der Waals surface area contributed by atoms with Crippen LogP contribution in [0.5, 0.6) is 0 Å². The molecule has 1 fully saturated rings. The molecule has 3 atom stereocenters. The van der Waals surface area contributed by atoms with Gasteiger partial charge in [-0.3, -0.25) is 0 Å².